The Morgan fingerprint density at radius 2 is 0.833 bits per heavy atom. The van der Waals surface area contributed by atoms with Gasteiger partial charge in [0.15, 0.2) is 0 Å². The van der Waals surface area contributed by atoms with Crippen LogP contribution >= 0.6 is 0 Å². The second-order valence-corrected chi connectivity index (χ2v) is 19.3. The fourth-order valence-electron chi connectivity index (χ4n) is 9.61. The summed E-state index contributed by atoms with van der Waals surface area (Å²) in [4.78, 5) is 31.0. The Labute approximate surface area is 374 Å². The molecule has 7 heteroatoms. The van der Waals surface area contributed by atoms with Gasteiger partial charge in [-0.25, -0.2) is 0 Å². The van der Waals surface area contributed by atoms with Gasteiger partial charge in [-0.1, -0.05) is 182 Å². The van der Waals surface area contributed by atoms with Gasteiger partial charge in [0.25, 0.3) is 0 Å². The topological polar surface area (TPSA) is 84.9 Å². The first-order valence-corrected chi connectivity index (χ1v) is 27.1. The van der Waals surface area contributed by atoms with Crippen molar-refractivity contribution >= 4 is 11.8 Å². The molecule has 60 heavy (non-hydrogen) atoms. The van der Waals surface area contributed by atoms with Crippen molar-refractivity contribution in [3.63, 3.8) is 0 Å². The smallest absolute Gasteiger partial charge is 0.220 e. The number of aliphatic hydroxyl groups excluding tert-OH is 1. The van der Waals surface area contributed by atoms with Crippen molar-refractivity contribution in [3.05, 3.63) is 0 Å². The van der Waals surface area contributed by atoms with E-state index in [1.807, 2.05) is 0 Å². The number of nitrogens with one attached hydrogen (secondary N) is 2. The molecule has 1 aliphatic rings. The molecule has 2 amide bonds. The standard InChI is InChI=1S/C53H106N4O3/c1-5-9-13-17-19-25-35-49(33-23-15-11-7-3)47-54-52(59)39-27-21-31-41-56(43-44-57(45-46-58)51-37-29-30-38-51)42-32-22-28-40-53(60)55-48-50(34-24-16-12-8-4)36-26-20-18-14-10-6-2/h49-51,58H,5-48H2,1-4H3,(H,54,59)(H,55,60). The van der Waals surface area contributed by atoms with Crippen LogP contribution in [0.1, 0.15) is 259 Å². The van der Waals surface area contributed by atoms with Crippen LogP contribution in [0.25, 0.3) is 0 Å². The fraction of sp³-hybridized carbons (Fsp3) is 0.962. The second-order valence-electron chi connectivity index (χ2n) is 19.3. The predicted molar refractivity (Wildman–Crippen MR) is 261 cm³/mol. The Morgan fingerprint density at radius 1 is 0.467 bits per heavy atom. The van der Waals surface area contributed by atoms with Crippen molar-refractivity contribution < 1.29 is 14.7 Å². The normalized spacial score (nSPS) is 14.4. The van der Waals surface area contributed by atoms with Crippen LogP contribution < -0.4 is 10.6 Å². The Morgan fingerprint density at radius 3 is 1.23 bits per heavy atom. The molecule has 0 aromatic rings. The van der Waals surface area contributed by atoms with E-state index in [0.717, 1.165) is 84.3 Å². The molecule has 356 valence electrons. The number of rotatable bonds is 46. The lowest BCUT2D eigenvalue weighted by Gasteiger charge is -2.31. The molecule has 0 aliphatic heterocycles. The minimum absolute atomic E-state index is 0.234. The second kappa shape index (κ2) is 43.1. The molecule has 0 heterocycles. The highest BCUT2D eigenvalue weighted by Gasteiger charge is 2.22. The third-order valence-corrected chi connectivity index (χ3v) is 13.7. The minimum Gasteiger partial charge on any atom is -0.395 e. The first-order chi connectivity index (χ1) is 29.5. The van der Waals surface area contributed by atoms with Crippen molar-refractivity contribution in [2.75, 3.05) is 52.4 Å². The van der Waals surface area contributed by atoms with E-state index >= 15 is 0 Å². The minimum atomic E-state index is 0.234. The third kappa shape index (κ3) is 34.3. The average molecular weight is 847 g/mol. The molecule has 0 radical (unpaired) electrons. The van der Waals surface area contributed by atoms with E-state index in [-0.39, 0.29) is 18.4 Å². The van der Waals surface area contributed by atoms with E-state index in [9.17, 15) is 14.7 Å². The lowest BCUT2D eigenvalue weighted by molar-refractivity contribution is -0.122. The third-order valence-electron chi connectivity index (χ3n) is 13.7. The molecule has 1 rings (SSSR count). The first-order valence-electron chi connectivity index (χ1n) is 27.1. The summed E-state index contributed by atoms with van der Waals surface area (Å²) in [7, 11) is 0. The highest BCUT2D eigenvalue weighted by molar-refractivity contribution is 5.76. The number of hydrogen-bond donors (Lipinski definition) is 3. The molecule has 0 aromatic heterocycles. The number of nitrogens with zero attached hydrogens (tertiary/aromatic N) is 2. The highest BCUT2D eigenvalue weighted by atomic mass is 16.3. The summed E-state index contributed by atoms with van der Waals surface area (Å²) < 4.78 is 0. The summed E-state index contributed by atoms with van der Waals surface area (Å²) in [5, 5.41) is 16.5. The van der Waals surface area contributed by atoms with Crippen molar-refractivity contribution in [3.8, 4) is 0 Å². The van der Waals surface area contributed by atoms with Gasteiger partial charge in [-0.3, -0.25) is 14.5 Å². The van der Waals surface area contributed by atoms with Gasteiger partial charge in [-0.2, -0.15) is 0 Å². The van der Waals surface area contributed by atoms with E-state index in [2.05, 4.69) is 48.1 Å². The summed E-state index contributed by atoms with van der Waals surface area (Å²) in [6.07, 6.45) is 44.4. The van der Waals surface area contributed by atoms with Crippen molar-refractivity contribution in [1.29, 1.82) is 0 Å². The highest BCUT2D eigenvalue weighted by Crippen LogP contribution is 2.24. The van der Waals surface area contributed by atoms with E-state index < -0.39 is 0 Å². The summed E-state index contributed by atoms with van der Waals surface area (Å²) in [5.74, 6) is 1.75. The molecular weight excluding hydrogens is 741 g/mol. The van der Waals surface area contributed by atoms with E-state index in [0.29, 0.717) is 30.7 Å². The molecule has 0 aromatic carbocycles. The monoisotopic (exact) mass is 847 g/mol. The van der Waals surface area contributed by atoms with Gasteiger partial charge in [-0.15, -0.1) is 0 Å². The molecule has 0 bridgehead atoms. The maximum atomic E-state index is 12.9. The molecule has 2 unspecified atom stereocenters. The number of hydrogen-bond acceptors (Lipinski definition) is 5. The van der Waals surface area contributed by atoms with E-state index in [1.54, 1.807) is 0 Å². The maximum absolute atomic E-state index is 12.9. The molecule has 0 saturated heterocycles. The molecule has 7 nitrogen and oxygen atoms in total. The first kappa shape index (κ1) is 56.8. The van der Waals surface area contributed by atoms with Crippen LogP contribution in [0.5, 0.6) is 0 Å². The SMILES string of the molecule is CCCCCCCCC(CCCCCC)CNC(=O)CCCCCN(CCCCCC(=O)NCC(CCCCCC)CCCCCCCC)CCN(CCO)C1CCCC1. The number of carbonyl (C=O) groups excluding carboxylic acids is 2. The van der Waals surface area contributed by atoms with Gasteiger partial charge >= 0.3 is 0 Å². The molecule has 3 N–H and O–H groups in total. The van der Waals surface area contributed by atoms with Gasteiger partial charge in [0.1, 0.15) is 0 Å². The Hall–Kier alpha value is -1.18. The Kier molecular flexibility index (Phi) is 40.8. The Balaban J connectivity index is 2.51. The zero-order chi connectivity index (χ0) is 43.6. The van der Waals surface area contributed by atoms with Crippen LogP contribution in [0.15, 0.2) is 0 Å². The molecule has 0 spiro atoms. The molecule has 2 atom stereocenters. The molecule has 1 saturated carbocycles. The molecular formula is C53H106N4O3. The molecule has 1 aliphatic carbocycles. The summed E-state index contributed by atoms with van der Waals surface area (Å²) in [6.45, 7) is 16.0. The lowest BCUT2D eigenvalue weighted by Crippen LogP contribution is -2.42. The number of aliphatic hydroxyl groups is 1. The average Bonchev–Trinajstić information content (AvgIpc) is 3.80. The summed E-state index contributed by atoms with van der Waals surface area (Å²) in [5.41, 5.74) is 0. The van der Waals surface area contributed by atoms with Crippen LogP contribution in [0.2, 0.25) is 0 Å². The van der Waals surface area contributed by atoms with Crippen LogP contribution in [0, 0.1) is 11.8 Å². The van der Waals surface area contributed by atoms with Gasteiger partial charge < -0.3 is 20.6 Å². The lowest BCUT2D eigenvalue weighted by atomic mass is 9.94. The zero-order valence-corrected chi connectivity index (χ0v) is 41.0. The maximum Gasteiger partial charge on any atom is 0.220 e. The number of unbranched alkanes of at least 4 members (excludes halogenated alkanes) is 20. The van der Waals surface area contributed by atoms with Crippen LogP contribution in [-0.4, -0.2) is 85.2 Å². The van der Waals surface area contributed by atoms with Crippen LogP contribution in [-0.2, 0) is 9.59 Å². The Bertz CT molecular complexity index is 870. The quantitative estimate of drug-likeness (QED) is 0.0532. The van der Waals surface area contributed by atoms with Crippen LogP contribution in [0.3, 0.4) is 0 Å². The fourth-order valence-corrected chi connectivity index (χ4v) is 9.61. The van der Waals surface area contributed by atoms with Gasteiger partial charge in [0.2, 0.25) is 11.8 Å². The van der Waals surface area contributed by atoms with Crippen molar-refractivity contribution in [2.24, 2.45) is 11.8 Å². The van der Waals surface area contributed by atoms with E-state index in [1.165, 1.54) is 180 Å². The summed E-state index contributed by atoms with van der Waals surface area (Å²) in [6, 6.07) is 0.625. The van der Waals surface area contributed by atoms with Gasteiger partial charge in [-0.05, 0) is 89.1 Å². The summed E-state index contributed by atoms with van der Waals surface area (Å²) >= 11 is 0. The predicted octanol–water partition coefficient (Wildman–Crippen LogP) is 13.6. The van der Waals surface area contributed by atoms with Gasteiger partial charge in [0, 0.05) is 51.6 Å². The number of amides is 2. The van der Waals surface area contributed by atoms with Crippen LogP contribution in [0.4, 0.5) is 0 Å². The van der Waals surface area contributed by atoms with Crippen molar-refractivity contribution in [1.82, 2.24) is 20.4 Å². The van der Waals surface area contributed by atoms with Gasteiger partial charge in [0.05, 0.1) is 6.61 Å². The zero-order valence-electron chi connectivity index (χ0n) is 41.0. The molecule has 1 fully saturated rings. The van der Waals surface area contributed by atoms with E-state index in [4.69, 9.17) is 0 Å². The van der Waals surface area contributed by atoms with Crippen molar-refractivity contribution in [2.45, 2.75) is 265 Å². The largest absolute Gasteiger partial charge is 0.395 e. The number of carbonyl (C=O) groups is 2.